The van der Waals surface area contributed by atoms with Crippen molar-refractivity contribution in [3.63, 3.8) is 0 Å². The Kier molecular flexibility index (Phi) is 3.45. The molecule has 5 nitrogen and oxygen atoms in total. The Morgan fingerprint density at radius 2 is 2.38 bits per heavy atom. The van der Waals surface area contributed by atoms with Crippen LogP contribution in [-0.4, -0.2) is 16.0 Å². The number of rotatable bonds is 3. The summed E-state index contributed by atoms with van der Waals surface area (Å²) in [5.74, 6) is 0. The number of aromatic nitrogens is 2. The van der Waals surface area contributed by atoms with Crippen LogP contribution in [0.15, 0.2) is 36.1 Å². The van der Waals surface area contributed by atoms with E-state index in [1.54, 1.807) is 24.0 Å². The number of thiazole rings is 1. The Morgan fingerprint density at radius 1 is 1.44 bits per heavy atom. The lowest BCUT2D eigenvalue weighted by Crippen LogP contribution is -2.28. The van der Waals surface area contributed by atoms with Gasteiger partial charge in [-0.3, -0.25) is 10.3 Å². The third-order valence-electron chi connectivity index (χ3n) is 1.83. The van der Waals surface area contributed by atoms with E-state index in [4.69, 9.17) is 0 Å². The predicted octanol–water partition coefficient (Wildman–Crippen LogP) is 1.86. The topological polar surface area (TPSA) is 66.9 Å². The van der Waals surface area contributed by atoms with E-state index in [-0.39, 0.29) is 6.03 Å². The van der Waals surface area contributed by atoms with Crippen LogP contribution >= 0.6 is 11.3 Å². The molecule has 2 heterocycles. The number of carbonyl (C=O) groups is 1. The van der Waals surface area contributed by atoms with Crippen LogP contribution < -0.4 is 10.6 Å². The van der Waals surface area contributed by atoms with Gasteiger partial charge in [-0.05, 0) is 11.6 Å². The summed E-state index contributed by atoms with van der Waals surface area (Å²) < 4.78 is 0. The first kappa shape index (κ1) is 10.6. The summed E-state index contributed by atoms with van der Waals surface area (Å²) in [4.78, 5) is 19.3. The molecule has 2 N–H and O–H groups in total. The van der Waals surface area contributed by atoms with Crippen molar-refractivity contribution in [3.8, 4) is 0 Å². The summed E-state index contributed by atoms with van der Waals surface area (Å²) in [5, 5.41) is 7.73. The van der Waals surface area contributed by atoms with Gasteiger partial charge in [0.15, 0.2) is 5.13 Å². The highest BCUT2D eigenvalue weighted by Crippen LogP contribution is 2.09. The molecule has 0 radical (unpaired) electrons. The smallest absolute Gasteiger partial charge is 0.321 e. The van der Waals surface area contributed by atoms with Gasteiger partial charge in [0.2, 0.25) is 0 Å². The second-order valence-corrected chi connectivity index (χ2v) is 3.90. The van der Waals surface area contributed by atoms with Gasteiger partial charge in [-0.25, -0.2) is 9.78 Å². The quantitative estimate of drug-likeness (QED) is 0.851. The number of anilines is 1. The molecule has 0 saturated carbocycles. The molecule has 2 amide bonds. The van der Waals surface area contributed by atoms with E-state index in [2.05, 4.69) is 20.6 Å². The van der Waals surface area contributed by atoms with Gasteiger partial charge < -0.3 is 5.32 Å². The monoisotopic (exact) mass is 234 g/mol. The molecule has 16 heavy (non-hydrogen) atoms. The fraction of sp³-hybridized carbons (Fsp3) is 0.100. The highest BCUT2D eigenvalue weighted by molar-refractivity contribution is 7.13. The Morgan fingerprint density at radius 3 is 3.06 bits per heavy atom. The second kappa shape index (κ2) is 5.22. The van der Waals surface area contributed by atoms with Gasteiger partial charge in [0.25, 0.3) is 0 Å². The maximum absolute atomic E-state index is 11.4. The molecule has 6 heteroatoms. The van der Waals surface area contributed by atoms with Crippen molar-refractivity contribution in [1.82, 2.24) is 15.3 Å². The maximum atomic E-state index is 11.4. The zero-order valence-electron chi connectivity index (χ0n) is 8.38. The van der Waals surface area contributed by atoms with Gasteiger partial charge in [0.05, 0.1) is 0 Å². The number of pyridine rings is 1. The molecule has 0 bridgehead atoms. The first-order valence-electron chi connectivity index (χ1n) is 4.68. The number of urea groups is 1. The van der Waals surface area contributed by atoms with E-state index < -0.39 is 0 Å². The molecule has 0 atom stereocenters. The molecule has 0 aliphatic heterocycles. The lowest BCUT2D eigenvalue weighted by Gasteiger charge is -2.04. The molecule has 0 saturated heterocycles. The summed E-state index contributed by atoms with van der Waals surface area (Å²) >= 11 is 1.38. The van der Waals surface area contributed by atoms with Crippen LogP contribution in [0.2, 0.25) is 0 Å². The maximum Gasteiger partial charge on any atom is 0.321 e. The highest BCUT2D eigenvalue weighted by Gasteiger charge is 2.02. The number of hydrogen-bond donors (Lipinski definition) is 2. The zero-order chi connectivity index (χ0) is 11.2. The molecular formula is C10H10N4OS. The zero-order valence-corrected chi connectivity index (χ0v) is 9.20. The fourth-order valence-electron chi connectivity index (χ4n) is 1.11. The van der Waals surface area contributed by atoms with Crippen LogP contribution in [0.25, 0.3) is 0 Å². The first-order chi connectivity index (χ1) is 7.84. The number of hydrogen-bond acceptors (Lipinski definition) is 4. The van der Waals surface area contributed by atoms with Gasteiger partial charge in [0, 0.05) is 30.5 Å². The standard InChI is InChI=1S/C10H10N4OS/c15-9(14-10-12-4-5-16-10)13-7-8-2-1-3-11-6-8/h1-6H,7H2,(H2,12,13,14,15). The average molecular weight is 234 g/mol. The van der Waals surface area contributed by atoms with Gasteiger partial charge in [-0.1, -0.05) is 6.07 Å². The molecule has 0 fully saturated rings. The van der Waals surface area contributed by atoms with E-state index in [0.29, 0.717) is 11.7 Å². The summed E-state index contributed by atoms with van der Waals surface area (Å²) in [6.07, 6.45) is 5.05. The Labute approximate surface area is 96.6 Å². The van der Waals surface area contributed by atoms with Crippen LogP contribution in [0.1, 0.15) is 5.56 Å². The number of amides is 2. The molecule has 2 aromatic rings. The van der Waals surface area contributed by atoms with E-state index in [9.17, 15) is 4.79 Å². The second-order valence-electron chi connectivity index (χ2n) is 3.01. The minimum absolute atomic E-state index is 0.265. The van der Waals surface area contributed by atoms with Crippen LogP contribution in [0, 0.1) is 0 Å². The fourth-order valence-corrected chi connectivity index (χ4v) is 1.64. The number of carbonyl (C=O) groups excluding carboxylic acids is 1. The Hall–Kier alpha value is -1.95. The van der Waals surface area contributed by atoms with Crippen LogP contribution in [-0.2, 0) is 6.54 Å². The molecule has 0 aliphatic carbocycles. The van der Waals surface area contributed by atoms with Gasteiger partial charge in [-0.2, -0.15) is 0 Å². The van der Waals surface area contributed by atoms with E-state index >= 15 is 0 Å². The first-order valence-corrected chi connectivity index (χ1v) is 5.56. The van der Waals surface area contributed by atoms with Gasteiger partial charge in [0.1, 0.15) is 0 Å². The Bertz CT molecular complexity index is 443. The van der Waals surface area contributed by atoms with Crippen molar-refractivity contribution in [1.29, 1.82) is 0 Å². The lowest BCUT2D eigenvalue weighted by molar-refractivity contribution is 0.251. The van der Waals surface area contributed by atoms with Crippen molar-refractivity contribution in [2.45, 2.75) is 6.54 Å². The van der Waals surface area contributed by atoms with E-state index in [1.165, 1.54) is 11.3 Å². The highest BCUT2D eigenvalue weighted by atomic mass is 32.1. The molecule has 2 rings (SSSR count). The van der Waals surface area contributed by atoms with Crippen LogP contribution in [0.3, 0.4) is 0 Å². The molecule has 0 unspecified atom stereocenters. The predicted molar refractivity (Wildman–Crippen MR) is 62.2 cm³/mol. The lowest BCUT2D eigenvalue weighted by atomic mass is 10.3. The summed E-state index contributed by atoms with van der Waals surface area (Å²) in [7, 11) is 0. The third kappa shape index (κ3) is 3.03. The number of nitrogens with zero attached hydrogens (tertiary/aromatic N) is 2. The molecule has 0 spiro atoms. The van der Waals surface area contributed by atoms with Crippen LogP contribution in [0.4, 0.5) is 9.93 Å². The molecule has 82 valence electrons. The summed E-state index contributed by atoms with van der Waals surface area (Å²) in [5.41, 5.74) is 0.955. The van der Waals surface area contributed by atoms with Crippen molar-refractivity contribution in [2.24, 2.45) is 0 Å². The normalized spacial score (nSPS) is 9.75. The van der Waals surface area contributed by atoms with Crippen LogP contribution in [0.5, 0.6) is 0 Å². The van der Waals surface area contributed by atoms with Gasteiger partial charge in [-0.15, -0.1) is 11.3 Å². The average Bonchev–Trinajstić information content (AvgIpc) is 2.81. The Balaban J connectivity index is 1.80. The molecule has 0 aromatic carbocycles. The van der Waals surface area contributed by atoms with Gasteiger partial charge >= 0.3 is 6.03 Å². The molecule has 2 aromatic heterocycles. The third-order valence-corrected chi connectivity index (χ3v) is 2.52. The molecular weight excluding hydrogens is 224 g/mol. The van der Waals surface area contributed by atoms with Crippen molar-refractivity contribution < 1.29 is 4.79 Å². The largest absolute Gasteiger partial charge is 0.334 e. The number of nitrogens with one attached hydrogen (secondary N) is 2. The molecule has 0 aliphatic rings. The minimum Gasteiger partial charge on any atom is -0.334 e. The van der Waals surface area contributed by atoms with E-state index in [1.807, 2.05) is 12.1 Å². The van der Waals surface area contributed by atoms with Crippen molar-refractivity contribution >= 4 is 22.5 Å². The van der Waals surface area contributed by atoms with Crippen molar-refractivity contribution in [2.75, 3.05) is 5.32 Å². The summed E-state index contributed by atoms with van der Waals surface area (Å²) in [6.45, 7) is 0.449. The SMILES string of the molecule is O=C(NCc1cccnc1)Nc1nccs1. The summed E-state index contributed by atoms with van der Waals surface area (Å²) in [6, 6.07) is 3.46. The minimum atomic E-state index is -0.265. The van der Waals surface area contributed by atoms with E-state index in [0.717, 1.165) is 5.56 Å². The van der Waals surface area contributed by atoms with Crippen molar-refractivity contribution in [3.05, 3.63) is 41.7 Å².